The summed E-state index contributed by atoms with van der Waals surface area (Å²) in [6.45, 7) is 9.27. The van der Waals surface area contributed by atoms with Gasteiger partial charge >= 0.3 is 0 Å². The van der Waals surface area contributed by atoms with Gasteiger partial charge in [0.05, 0.1) is 22.8 Å². The summed E-state index contributed by atoms with van der Waals surface area (Å²) in [6, 6.07) is 32.8. The summed E-state index contributed by atoms with van der Waals surface area (Å²) in [7, 11) is 4.30. The van der Waals surface area contributed by atoms with Crippen molar-refractivity contribution in [3.05, 3.63) is 113 Å². The monoisotopic (exact) mass is 833 g/mol. The Morgan fingerprint density at radius 3 is 1.35 bits per heavy atom. The highest BCUT2D eigenvalue weighted by atomic mass is 16.3. The summed E-state index contributed by atoms with van der Waals surface area (Å²) in [5, 5.41) is 27.8. The van der Waals surface area contributed by atoms with E-state index in [-0.39, 0.29) is 10.8 Å². The van der Waals surface area contributed by atoms with Crippen molar-refractivity contribution < 1.29 is 10.2 Å². The lowest BCUT2D eigenvalue weighted by molar-refractivity contribution is -0.00612. The Morgan fingerprint density at radius 2 is 0.905 bits per heavy atom. The first-order valence-corrected chi connectivity index (χ1v) is 24.2. The molecule has 0 aliphatic heterocycles. The van der Waals surface area contributed by atoms with Crippen LogP contribution in [0.2, 0.25) is 0 Å². The fourth-order valence-corrected chi connectivity index (χ4v) is 15.9. The fourth-order valence-electron chi connectivity index (χ4n) is 15.9. The molecule has 3 aromatic heterocycles. The highest BCUT2D eigenvalue weighted by molar-refractivity contribution is 6.07. The van der Waals surface area contributed by atoms with Gasteiger partial charge in [-0.05, 0) is 178 Å². The van der Waals surface area contributed by atoms with Gasteiger partial charge < -0.3 is 19.3 Å². The number of aromatic hydroxyl groups is 2. The Morgan fingerprint density at radius 1 is 0.508 bits per heavy atom. The third-order valence-corrected chi connectivity index (χ3v) is 17.3. The number of fused-ring (bicyclic) bond motifs is 4. The topological polar surface area (TPSA) is 63.2 Å². The van der Waals surface area contributed by atoms with Gasteiger partial charge in [0.15, 0.2) is 0 Å². The van der Waals surface area contributed by atoms with E-state index in [0.717, 1.165) is 109 Å². The van der Waals surface area contributed by atoms with Crippen molar-refractivity contribution in [2.75, 3.05) is 0 Å². The lowest BCUT2D eigenvalue weighted by atomic mass is 9.48. The van der Waals surface area contributed by atoms with E-state index in [1.54, 1.807) is 0 Å². The molecule has 3 heterocycles. The Hall–Kier alpha value is -5.29. The lowest BCUT2D eigenvalue weighted by Gasteiger charge is -2.57. The molecular weight excluding hydrogens is 771 g/mol. The van der Waals surface area contributed by atoms with Crippen LogP contribution >= 0.6 is 0 Å². The molecule has 6 fully saturated rings. The summed E-state index contributed by atoms with van der Waals surface area (Å²) < 4.78 is 4.57. The number of rotatable bonds is 6. The van der Waals surface area contributed by atoms with E-state index in [2.05, 4.69) is 142 Å². The summed E-state index contributed by atoms with van der Waals surface area (Å²) in [4.78, 5) is 5.68. The average Bonchev–Trinajstić information content (AvgIpc) is 3.71. The Kier molecular flexibility index (Phi) is 8.80. The average molecular weight is 834 g/mol. The number of para-hydroxylation sites is 2. The molecule has 322 valence electrons. The molecule has 0 saturated heterocycles. The molecule has 2 atom stereocenters. The van der Waals surface area contributed by atoms with Crippen molar-refractivity contribution in [3.8, 4) is 56.5 Å². The van der Waals surface area contributed by atoms with E-state index in [4.69, 9.17) is 4.98 Å². The van der Waals surface area contributed by atoms with E-state index >= 15 is 0 Å². The number of hydrogen-bond acceptors (Lipinski definition) is 3. The highest BCUT2D eigenvalue weighted by Gasteiger charge is 2.53. The molecule has 7 aromatic rings. The molecule has 5 nitrogen and oxygen atoms in total. The number of hydrogen-bond donors (Lipinski definition) is 2. The molecule has 2 unspecified atom stereocenters. The minimum Gasteiger partial charge on any atom is -0.507 e. The van der Waals surface area contributed by atoms with Gasteiger partial charge in [-0.15, -0.1) is 0 Å². The quantitative estimate of drug-likeness (QED) is 0.175. The maximum absolute atomic E-state index is 12.8. The molecule has 0 spiro atoms. The van der Waals surface area contributed by atoms with E-state index in [1.807, 2.05) is 0 Å². The lowest BCUT2D eigenvalue weighted by Crippen LogP contribution is -2.48. The van der Waals surface area contributed by atoms with Crippen LogP contribution in [0.25, 0.3) is 66.8 Å². The van der Waals surface area contributed by atoms with Gasteiger partial charge in [-0.3, -0.25) is 0 Å². The van der Waals surface area contributed by atoms with Crippen molar-refractivity contribution >= 4 is 21.8 Å². The van der Waals surface area contributed by atoms with E-state index in [9.17, 15) is 10.2 Å². The number of aryl methyl sites for hydroxylation is 4. The van der Waals surface area contributed by atoms with Crippen LogP contribution in [-0.4, -0.2) is 24.3 Å². The van der Waals surface area contributed by atoms with Crippen LogP contribution in [0.3, 0.4) is 0 Å². The zero-order valence-electron chi connectivity index (χ0n) is 38.1. The maximum atomic E-state index is 12.8. The molecule has 6 aliphatic carbocycles. The molecule has 13 rings (SSSR count). The largest absolute Gasteiger partial charge is 0.507 e. The van der Waals surface area contributed by atoms with Crippen molar-refractivity contribution in [3.63, 3.8) is 0 Å². The number of aromatic nitrogens is 3. The van der Waals surface area contributed by atoms with Crippen molar-refractivity contribution in [1.29, 1.82) is 0 Å². The van der Waals surface area contributed by atoms with Gasteiger partial charge in [-0.2, -0.15) is 0 Å². The predicted octanol–water partition coefficient (Wildman–Crippen LogP) is 14.3. The number of phenols is 2. The maximum Gasteiger partial charge on any atom is 0.128 e. The molecule has 4 aromatic carbocycles. The Balaban J connectivity index is 1.05. The van der Waals surface area contributed by atoms with E-state index in [0.29, 0.717) is 29.3 Å². The number of nitrogens with zero attached hydrogens (tertiary/aromatic N) is 3. The molecule has 0 amide bonds. The highest BCUT2D eigenvalue weighted by Crippen LogP contribution is 2.63. The molecule has 6 saturated carbocycles. The van der Waals surface area contributed by atoms with Crippen LogP contribution in [0.4, 0.5) is 0 Å². The second-order valence-electron chi connectivity index (χ2n) is 22.1. The van der Waals surface area contributed by atoms with Gasteiger partial charge in [-0.25, -0.2) is 4.98 Å². The Bertz CT molecular complexity index is 2940. The van der Waals surface area contributed by atoms with Crippen LogP contribution in [-0.2, 0) is 24.9 Å². The van der Waals surface area contributed by atoms with E-state index < -0.39 is 0 Å². The Labute approximate surface area is 373 Å². The van der Waals surface area contributed by atoms with Gasteiger partial charge in [0.25, 0.3) is 0 Å². The van der Waals surface area contributed by atoms with Crippen molar-refractivity contribution in [2.45, 2.75) is 109 Å². The summed E-state index contributed by atoms with van der Waals surface area (Å²) in [5.74, 6) is 5.24. The molecule has 2 N–H and O–H groups in total. The van der Waals surface area contributed by atoms with Crippen LogP contribution in [0, 0.1) is 49.4 Å². The van der Waals surface area contributed by atoms with Crippen molar-refractivity contribution in [1.82, 2.24) is 14.1 Å². The fraction of sp³-hybridized carbons (Fsp3) is 0.431. The second kappa shape index (κ2) is 14.1. The van der Waals surface area contributed by atoms with Crippen LogP contribution in [0.1, 0.15) is 107 Å². The first-order valence-electron chi connectivity index (χ1n) is 24.2. The normalized spacial score (nSPS) is 28.7. The molecule has 63 heavy (non-hydrogen) atoms. The van der Waals surface area contributed by atoms with Gasteiger partial charge in [0, 0.05) is 69.3 Å². The number of benzene rings is 4. The first-order chi connectivity index (χ1) is 30.4. The van der Waals surface area contributed by atoms with Gasteiger partial charge in [-0.1, -0.05) is 68.4 Å². The van der Waals surface area contributed by atoms with Crippen LogP contribution in [0.5, 0.6) is 11.5 Å². The zero-order valence-corrected chi connectivity index (χ0v) is 38.1. The predicted molar refractivity (Wildman–Crippen MR) is 258 cm³/mol. The summed E-state index contributed by atoms with van der Waals surface area (Å²) in [6.07, 6.45) is 13.7. The van der Waals surface area contributed by atoms with Crippen molar-refractivity contribution in [2.24, 2.45) is 49.6 Å². The summed E-state index contributed by atoms with van der Waals surface area (Å²) in [5.41, 5.74) is 14.6. The third kappa shape index (κ3) is 5.96. The summed E-state index contributed by atoms with van der Waals surface area (Å²) >= 11 is 0. The van der Waals surface area contributed by atoms with Gasteiger partial charge in [0.2, 0.25) is 0 Å². The zero-order chi connectivity index (χ0) is 43.1. The minimum absolute atomic E-state index is 0.0184. The SMILES string of the molecule is Cc1cc(-c2c(-c3cccc(-c4c(-c5cc(C)cc(C67CC8CC(CC(C8)C6)C7)c5O)n(C)c5ccccc45)n3)c3ccccc3n2C)c(O)c(C23CC(C)CC(CC(C)C2)C3)c1. The second-order valence-corrected chi connectivity index (χ2v) is 22.1. The standard InChI is InChI=1S/C58H63N3O2/c1-33-20-43(55(62)45(22-33)57-27-35(3)18-37(29-57)19-36(4)28-57)53-51(41-12-7-9-16-49(41)60(53)5)47-14-11-15-48(59-47)52-42-13-8-10-17-50(42)61(6)54(52)44-21-34(2)23-46(56(44)63)58-30-38-24-39(31-58)26-40(25-38)32-58/h7-17,20-23,35-40,62-63H,18-19,24-32H2,1-6H3. The third-order valence-electron chi connectivity index (χ3n) is 17.3. The van der Waals surface area contributed by atoms with E-state index in [1.165, 1.54) is 68.1 Å². The number of phenolic OH excluding ortho intramolecular Hbond substituents is 2. The smallest absolute Gasteiger partial charge is 0.128 e. The molecular formula is C58H63N3O2. The first kappa shape index (κ1) is 39.3. The number of pyridine rings is 1. The van der Waals surface area contributed by atoms with Crippen LogP contribution < -0.4 is 0 Å². The molecule has 5 heteroatoms. The molecule has 6 aliphatic rings. The molecule has 0 radical (unpaired) electrons. The minimum atomic E-state index is -0.0184. The van der Waals surface area contributed by atoms with Gasteiger partial charge in [0.1, 0.15) is 11.5 Å². The van der Waals surface area contributed by atoms with Crippen LogP contribution in [0.15, 0.2) is 91.0 Å². The molecule has 6 bridgehead atoms.